The lowest BCUT2D eigenvalue weighted by Gasteiger charge is -2.12. The normalized spacial score (nSPS) is 12.7. The molecule has 1 N–H and O–H groups in total. The summed E-state index contributed by atoms with van der Waals surface area (Å²) in [5, 5.41) is 11.9. The number of fused-ring (bicyclic) bond motifs is 1. The van der Waals surface area contributed by atoms with E-state index in [0.717, 1.165) is 22.5 Å². The Balaban J connectivity index is 1.75. The van der Waals surface area contributed by atoms with Crippen LogP contribution >= 0.6 is 15.9 Å². The van der Waals surface area contributed by atoms with Crippen molar-refractivity contribution in [1.82, 2.24) is 19.9 Å². The minimum absolute atomic E-state index is 0.131. The fourth-order valence-corrected chi connectivity index (χ4v) is 2.61. The molecule has 20 heavy (non-hydrogen) atoms. The number of hydrogen-bond acceptors (Lipinski definition) is 3. The Morgan fingerprint density at radius 3 is 2.95 bits per heavy atom. The van der Waals surface area contributed by atoms with Gasteiger partial charge in [-0.15, -0.1) is 10.2 Å². The molecule has 102 valence electrons. The van der Waals surface area contributed by atoms with Crippen LogP contribution in [0.4, 0.5) is 0 Å². The first-order valence-corrected chi connectivity index (χ1v) is 7.31. The highest BCUT2D eigenvalue weighted by Crippen LogP contribution is 2.15. The molecule has 1 aromatic carbocycles. The molecule has 0 unspecified atom stereocenters. The van der Waals surface area contributed by atoms with Gasteiger partial charge in [0.15, 0.2) is 11.5 Å². The Labute approximate surface area is 126 Å². The van der Waals surface area contributed by atoms with E-state index in [-0.39, 0.29) is 6.04 Å². The summed E-state index contributed by atoms with van der Waals surface area (Å²) in [6, 6.07) is 14.3. The first kappa shape index (κ1) is 13.3. The van der Waals surface area contributed by atoms with Crippen molar-refractivity contribution in [3.8, 4) is 0 Å². The van der Waals surface area contributed by atoms with E-state index in [4.69, 9.17) is 0 Å². The summed E-state index contributed by atoms with van der Waals surface area (Å²) in [7, 11) is 0. The molecule has 2 aromatic heterocycles. The molecule has 0 saturated heterocycles. The number of nitrogens with zero attached hydrogens (tertiary/aromatic N) is 3. The van der Waals surface area contributed by atoms with E-state index in [2.05, 4.69) is 50.5 Å². The SMILES string of the molecule is C[C@H](NCc1cccc(Br)c1)c1nnc2ccccn12. The van der Waals surface area contributed by atoms with Crippen molar-refractivity contribution >= 4 is 21.6 Å². The Bertz CT molecular complexity index is 722. The van der Waals surface area contributed by atoms with Crippen LogP contribution in [0.15, 0.2) is 53.1 Å². The van der Waals surface area contributed by atoms with Gasteiger partial charge in [0.1, 0.15) is 0 Å². The predicted molar refractivity (Wildman–Crippen MR) is 82.4 cm³/mol. The van der Waals surface area contributed by atoms with Gasteiger partial charge in [0.05, 0.1) is 6.04 Å². The number of hydrogen-bond donors (Lipinski definition) is 1. The van der Waals surface area contributed by atoms with Gasteiger partial charge in [0.2, 0.25) is 0 Å². The van der Waals surface area contributed by atoms with Gasteiger partial charge in [-0.05, 0) is 36.8 Å². The van der Waals surface area contributed by atoms with Crippen molar-refractivity contribution in [2.75, 3.05) is 0 Å². The van der Waals surface area contributed by atoms with E-state index in [1.165, 1.54) is 5.56 Å². The lowest BCUT2D eigenvalue weighted by Crippen LogP contribution is -2.20. The molecule has 0 spiro atoms. The molecule has 0 fully saturated rings. The second-order valence-corrected chi connectivity index (χ2v) is 5.64. The van der Waals surface area contributed by atoms with Crippen LogP contribution in [0.1, 0.15) is 24.4 Å². The maximum Gasteiger partial charge on any atom is 0.160 e. The molecule has 0 aliphatic carbocycles. The van der Waals surface area contributed by atoms with Crippen molar-refractivity contribution < 1.29 is 0 Å². The van der Waals surface area contributed by atoms with Crippen LogP contribution in [0, 0.1) is 0 Å². The van der Waals surface area contributed by atoms with Crippen LogP contribution < -0.4 is 5.32 Å². The van der Waals surface area contributed by atoms with E-state index in [0.29, 0.717) is 0 Å². The predicted octanol–water partition coefficient (Wildman–Crippen LogP) is 3.34. The van der Waals surface area contributed by atoms with E-state index in [1.54, 1.807) is 0 Å². The van der Waals surface area contributed by atoms with Crippen molar-refractivity contribution in [2.24, 2.45) is 0 Å². The summed E-state index contributed by atoms with van der Waals surface area (Å²) in [6.07, 6.45) is 1.99. The van der Waals surface area contributed by atoms with Crippen LogP contribution in [-0.4, -0.2) is 14.6 Å². The Morgan fingerprint density at radius 1 is 1.20 bits per heavy atom. The molecule has 4 nitrogen and oxygen atoms in total. The fraction of sp³-hybridized carbons (Fsp3) is 0.200. The van der Waals surface area contributed by atoms with Crippen molar-refractivity contribution in [2.45, 2.75) is 19.5 Å². The van der Waals surface area contributed by atoms with Crippen LogP contribution in [0.25, 0.3) is 5.65 Å². The van der Waals surface area contributed by atoms with Gasteiger partial charge in [-0.2, -0.15) is 0 Å². The molecular formula is C15H15BrN4. The average Bonchev–Trinajstić information content (AvgIpc) is 2.89. The summed E-state index contributed by atoms with van der Waals surface area (Å²) < 4.78 is 3.11. The van der Waals surface area contributed by atoms with Crippen LogP contribution in [0.5, 0.6) is 0 Å². The second-order valence-electron chi connectivity index (χ2n) is 4.72. The second kappa shape index (κ2) is 5.73. The number of rotatable bonds is 4. The highest BCUT2D eigenvalue weighted by atomic mass is 79.9. The van der Waals surface area contributed by atoms with Gasteiger partial charge in [-0.25, -0.2) is 0 Å². The standard InChI is InChI=1S/C15H15BrN4/c1-11(17-10-12-5-4-6-13(16)9-12)15-19-18-14-7-2-3-8-20(14)15/h2-9,11,17H,10H2,1H3/t11-/m0/s1. The van der Waals surface area contributed by atoms with Gasteiger partial charge < -0.3 is 5.32 Å². The van der Waals surface area contributed by atoms with Gasteiger partial charge >= 0.3 is 0 Å². The van der Waals surface area contributed by atoms with E-state index >= 15 is 0 Å². The highest BCUT2D eigenvalue weighted by Gasteiger charge is 2.12. The van der Waals surface area contributed by atoms with Gasteiger partial charge in [-0.1, -0.05) is 34.1 Å². The number of aromatic nitrogens is 3. The molecule has 0 aliphatic rings. The zero-order valence-corrected chi connectivity index (χ0v) is 12.7. The van der Waals surface area contributed by atoms with E-state index < -0.39 is 0 Å². The van der Waals surface area contributed by atoms with E-state index in [9.17, 15) is 0 Å². The number of halogens is 1. The van der Waals surface area contributed by atoms with Crippen molar-refractivity contribution in [3.63, 3.8) is 0 Å². The third kappa shape index (κ3) is 2.73. The third-order valence-electron chi connectivity index (χ3n) is 3.23. The van der Waals surface area contributed by atoms with Gasteiger partial charge in [-0.3, -0.25) is 4.40 Å². The molecule has 0 aliphatic heterocycles. The molecule has 0 radical (unpaired) electrons. The third-order valence-corrected chi connectivity index (χ3v) is 3.72. The van der Waals surface area contributed by atoms with Gasteiger partial charge in [0.25, 0.3) is 0 Å². The lowest BCUT2D eigenvalue weighted by molar-refractivity contribution is 0.541. The van der Waals surface area contributed by atoms with E-state index in [1.807, 2.05) is 40.9 Å². The quantitative estimate of drug-likeness (QED) is 0.797. The molecule has 0 saturated carbocycles. The number of benzene rings is 1. The Morgan fingerprint density at radius 2 is 2.10 bits per heavy atom. The topological polar surface area (TPSA) is 42.2 Å². The molecule has 3 rings (SSSR count). The number of pyridine rings is 1. The summed E-state index contributed by atoms with van der Waals surface area (Å²) in [5.74, 6) is 0.926. The van der Waals surface area contributed by atoms with Crippen LogP contribution in [0.2, 0.25) is 0 Å². The Kier molecular flexibility index (Phi) is 3.80. The largest absolute Gasteiger partial charge is 0.303 e. The monoisotopic (exact) mass is 330 g/mol. The molecule has 0 bridgehead atoms. The minimum atomic E-state index is 0.131. The van der Waals surface area contributed by atoms with Crippen molar-refractivity contribution in [1.29, 1.82) is 0 Å². The smallest absolute Gasteiger partial charge is 0.160 e. The summed E-state index contributed by atoms with van der Waals surface area (Å²) in [4.78, 5) is 0. The minimum Gasteiger partial charge on any atom is -0.303 e. The first-order valence-electron chi connectivity index (χ1n) is 6.51. The molecule has 1 atom stereocenters. The Hall–Kier alpha value is -1.72. The lowest BCUT2D eigenvalue weighted by atomic mass is 10.2. The maximum atomic E-state index is 4.27. The molecule has 2 heterocycles. The molecule has 3 aromatic rings. The zero-order valence-electron chi connectivity index (χ0n) is 11.1. The van der Waals surface area contributed by atoms with Crippen molar-refractivity contribution in [3.05, 3.63) is 64.5 Å². The summed E-state index contributed by atoms with van der Waals surface area (Å²) in [5.41, 5.74) is 2.11. The average molecular weight is 331 g/mol. The molecule has 0 amide bonds. The summed E-state index contributed by atoms with van der Waals surface area (Å²) in [6.45, 7) is 2.89. The fourth-order valence-electron chi connectivity index (χ4n) is 2.16. The zero-order chi connectivity index (χ0) is 13.9. The highest BCUT2D eigenvalue weighted by molar-refractivity contribution is 9.10. The first-order chi connectivity index (χ1) is 9.74. The van der Waals surface area contributed by atoms with Crippen LogP contribution in [-0.2, 0) is 6.54 Å². The van der Waals surface area contributed by atoms with Crippen LogP contribution in [0.3, 0.4) is 0 Å². The maximum absolute atomic E-state index is 4.27. The van der Waals surface area contributed by atoms with Gasteiger partial charge in [0, 0.05) is 17.2 Å². The molecular weight excluding hydrogens is 316 g/mol. The number of nitrogens with one attached hydrogen (secondary N) is 1. The summed E-state index contributed by atoms with van der Waals surface area (Å²) >= 11 is 3.49. The molecule has 5 heteroatoms.